The van der Waals surface area contributed by atoms with Gasteiger partial charge in [0.05, 0.1) is 25.4 Å². The molecule has 0 heterocycles. The summed E-state index contributed by atoms with van der Waals surface area (Å²) in [5.74, 6) is -0.0198. The van der Waals surface area contributed by atoms with Gasteiger partial charge in [0.1, 0.15) is 0 Å². The van der Waals surface area contributed by atoms with E-state index >= 15 is 0 Å². The fourth-order valence-corrected chi connectivity index (χ4v) is 11.2. The van der Waals surface area contributed by atoms with E-state index in [1.54, 1.807) is 0 Å². The van der Waals surface area contributed by atoms with Crippen LogP contribution in [-0.2, 0) is 14.3 Å². The highest BCUT2D eigenvalue weighted by Crippen LogP contribution is 2.19. The number of unbranched alkanes of at least 4 members (excludes halogenated alkanes) is 53. The zero-order chi connectivity index (χ0) is 55.0. The first-order chi connectivity index (χ1) is 37.5. The van der Waals surface area contributed by atoms with Gasteiger partial charge in [0.2, 0.25) is 5.91 Å². The number of ether oxygens (including phenoxy) is 1. The van der Waals surface area contributed by atoms with Gasteiger partial charge < -0.3 is 20.3 Å². The molecule has 2 atom stereocenters. The summed E-state index contributed by atoms with van der Waals surface area (Å²) < 4.78 is 5.47. The molecule has 0 aromatic rings. The Morgan fingerprint density at radius 2 is 0.618 bits per heavy atom. The lowest BCUT2D eigenvalue weighted by molar-refractivity contribution is -0.143. The van der Waals surface area contributed by atoms with Crippen molar-refractivity contribution in [3.8, 4) is 0 Å². The van der Waals surface area contributed by atoms with Crippen molar-refractivity contribution in [1.29, 1.82) is 0 Å². The molecule has 0 aromatic heterocycles. The van der Waals surface area contributed by atoms with Crippen LogP contribution in [0.5, 0.6) is 0 Å². The minimum Gasteiger partial charge on any atom is -0.466 e. The highest BCUT2D eigenvalue weighted by atomic mass is 16.5. The summed E-state index contributed by atoms with van der Waals surface area (Å²) in [6.07, 6.45) is 81.1. The molecule has 0 saturated heterocycles. The predicted molar refractivity (Wildman–Crippen MR) is 333 cm³/mol. The highest BCUT2D eigenvalue weighted by Gasteiger charge is 2.20. The van der Waals surface area contributed by atoms with Gasteiger partial charge in [-0.05, 0) is 51.4 Å². The molecule has 0 fully saturated rings. The first-order valence-electron chi connectivity index (χ1n) is 34.9. The fourth-order valence-electron chi connectivity index (χ4n) is 11.2. The summed E-state index contributed by atoms with van der Waals surface area (Å²) in [6.45, 7) is 4.97. The molecule has 0 saturated carbocycles. The number of amides is 1. The van der Waals surface area contributed by atoms with Crippen LogP contribution in [0.25, 0.3) is 0 Å². The number of rotatable bonds is 66. The van der Waals surface area contributed by atoms with E-state index in [0.717, 1.165) is 44.9 Å². The topological polar surface area (TPSA) is 95.9 Å². The molecule has 1 amide bonds. The number of hydrogen-bond acceptors (Lipinski definition) is 5. The SMILES string of the molecule is CCCCC/C=C\CCCCCCCC(=O)OCCCCCCCCCCCCCCCCCCCCCCCCCCCCC(=O)NC(CO)C(O)CCCCCCCCCCCCCCCCCCCCCCC. The molecule has 6 nitrogen and oxygen atoms in total. The molecule has 2 unspecified atom stereocenters. The van der Waals surface area contributed by atoms with Crippen LogP contribution in [0.2, 0.25) is 0 Å². The molecule has 0 aliphatic rings. The van der Waals surface area contributed by atoms with Gasteiger partial charge in [-0.15, -0.1) is 0 Å². The molecular formula is C70H137NO5. The van der Waals surface area contributed by atoms with Crippen LogP contribution in [-0.4, -0.2) is 47.4 Å². The smallest absolute Gasteiger partial charge is 0.305 e. The van der Waals surface area contributed by atoms with Gasteiger partial charge in [0.25, 0.3) is 0 Å². The largest absolute Gasteiger partial charge is 0.466 e. The van der Waals surface area contributed by atoms with Gasteiger partial charge in [0.15, 0.2) is 0 Å². The second-order valence-electron chi connectivity index (χ2n) is 24.2. The first kappa shape index (κ1) is 74.6. The Bertz CT molecular complexity index is 1140. The molecule has 452 valence electrons. The van der Waals surface area contributed by atoms with Crippen LogP contribution in [0.4, 0.5) is 0 Å². The minimum atomic E-state index is -0.663. The zero-order valence-corrected chi connectivity index (χ0v) is 51.8. The van der Waals surface area contributed by atoms with Crippen molar-refractivity contribution in [2.75, 3.05) is 13.2 Å². The van der Waals surface area contributed by atoms with E-state index in [-0.39, 0.29) is 18.5 Å². The van der Waals surface area contributed by atoms with E-state index in [9.17, 15) is 19.8 Å². The summed E-state index contributed by atoms with van der Waals surface area (Å²) in [6, 6.07) is -0.540. The third-order valence-corrected chi connectivity index (χ3v) is 16.6. The second kappa shape index (κ2) is 66.1. The van der Waals surface area contributed by atoms with Crippen LogP contribution in [0.1, 0.15) is 399 Å². The lowest BCUT2D eigenvalue weighted by Crippen LogP contribution is -2.45. The van der Waals surface area contributed by atoms with E-state index < -0.39 is 12.1 Å². The Morgan fingerprint density at radius 1 is 0.355 bits per heavy atom. The summed E-state index contributed by atoms with van der Waals surface area (Å²) in [4.78, 5) is 24.6. The molecule has 0 spiro atoms. The molecule has 3 N–H and O–H groups in total. The monoisotopic (exact) mass is 1070 g/mol. The average Bonchev–Trinajstić information content (AvgIpc) is 3.42. The summed E-state index contributed by atoms with van der Waals surface area (Å²) in [5.41, 5.74) is 0. The van der Waals surface area contributed by atoms with Crippen molar-refractivity contribution in [3.05, 3.63) is 12.2 Å². The molecule has 0 aromatic carbocycles. The molecule has 0 aliphatic carbocycles. The zero-order valence-electron chi connectivity index (χ0n) is 51.8. The molecule has 0 rings (SSSR count). The number of aliphatic hydroxyl groups excluding tert-OH is 2. The van der Waals surface area contributed by atoms with Crippen molar-refractivity contribution in [2.24, 2.45) is 0 Å². The molecule has 0 radical (unpaired) electrons. The summed E-state index contributed by atoms with van der Waals surface area (Å²) in [5, 5.41) is 23.4. The normalized spacial score (nSPS) is 12.5. The van der Waals surface area contributed by atoms with Crippen LogP contribution < -0.4 is 5.32 Å². The third-order valence-electron chi connectivity index (χ3n) is 16.6. The highest BCUT2D eigenvalue weighted by molar-refractivity contribution is 5.76. The quantitative estimate of drug-likeness (QED) is 0.0320. The lowest BCUT2D eigenvalue weighted by atomic mass is 10.0. The Morgan fingerprint density at radius 3 is 0.961 bits per heavy atom. The number of hydrogen-bond donors (Lipinski definition) is 3. The van der Waals surface area contributed by atoms with E-state index in [4.69, 9.17) is 4.74 Å². The Balaban J connectivity index is 3.36. The lowest BCUT2D eigenvalue weighted by Gasteiger charge is -2.22. The van der Waals surface area contributed by atoms with Crippen molar-refractivity contribution in [2.45, 2.75) is 411 Å². The maximum atomic E-state index is 12.5. The van der Waals surface area contributed by atoms with Crippen molar-refractivity contribution >= 4 is 11.9 Å². The Labute approximate surface area is 476 Å². The fraction of sp³-hybridized carbons (Fsp3) is 0.943. The molecular weight excluding hydrogens is 935 g/mol. The third kappa shape index (κ3) is 61.8. The maximum Gasteiger partial charge on any atom is 0.305 e. The van der Waals surface area contributed by atoms with Crippen LogP contribution >= 0.6 is 0 Å². The van der Waals surface area contributed by atoms with E-state index in [2.05, 4.69) is 31.3 Å². The van der Waals surface area contributed by atoms with E-state index in [1.165, 1.54) is 321 Å². The average molecular weight is 1070 g/mol. The number of aliphatic hydroxyl groups is 2. The van der Waals surface area contributed by atoms with Crippen molar-refractivity contribution < 1.29 is 24.5 Å². The predicted octanol–water partition coefficient (Wildman–Crippen LogP) is 22.4. The van der Waals surface area contributed by atoms with Gasteiger partial charge in [-0.2, -0.15) is 0 Å². The van der Waals surface area contributed by atoms with Crippen LogP contribution in [0, 0.1) is 0 Å². The second-order valence-corrected chi connectivity index (χ2v) is 24.2. The number of esters is 1. The summed E-state index contributed by atoms with van der Waals surface area (Å²) >= 11 is 0. The molecule has 6 heteroatoms. The first-order valence-corrected chi connectivity index (χ1v) is 34.9. The summed E-state index contributed by atoms with van der Waals surface area (Å²) in [7, 11) is 0. The number of allylic oxidation sites excluding steroid dienone is 2. The molecule has 76 heavy (non-hydrogen) atoms. The van der Waals surface area contributed by atoms with Crippen molar-refractivity contribution in [1.82, 2.24) is 5.32 Å². The van der Waals surface area contributed by atoms with Gasteiger partial charge in [-0.25, -0.2) is 0 Å². The molecule has 0 bridgehead atoms. The standard InChI is InChI=1S/C70H137NO5/c1-3-5-7-9-11-13-15-17-18-19-20-27-30-33-36-39-42-46-50-54-58-62-68(73)67(66-72)71-69(74)63-59-55-51-47-43-40-37-34-31-28-25-23-21-22-24-26-29-32-35-38-41-45-49-53-57-61-65-76-70(75)64-60-56-52-48-44-16-14-12-10-8-6-4-2/h12,14,67-68,72-73H,3-11,13,15-66H2,1-2H3,(H,71,74)/b14-12-. The van der Waals surface area contributed by atoms with Crippen molar-refractivity contribution in [3.63, 3.8) is 0 Å². The van der Waals surface area contributed by atoms with Gasteiger partial charge in [-0.1, -0.05) is 347 Å². The maximum absolute atomic E-state index is 12.5. The van der Waals surface area contributed by atoms with E-state index in [0.29, 0.717) is 25.9 Å². The number of carbonyl (C=O) groups is 2. The van der Waals surface area contributed by atoms with Gasteiger partial charge in [0, 0.05) is 12.8 Å². The Hall–Kier alpha value is -1.40. The minimum absolute atomic E-state index is 0.00812. The van der Waals surface area contributed by atoms with Gasteiger partial charge in [-0.3, -0.25) is 9.59 Å². The number of carbonyl (C=O) groups excluding carboxylic acids is 2. The van der Waals surface area contributed by atoms with E-state index in [1.807, 2.05) is 0 Å². The van der Waals surface area contributed by atoms with Crippen LogP contribution in [0.15, 0.2) is 12.2 Å². The Kier molecular flexibility index (Phi) is 64.9. The van der Waals surface area contributed by atoms with Crippen LogP contribution in [0.3, 0.4) is 0 Å². The van der Waals surface area contributed by atoms with Gasteiger partial charge >= 0.3 is 5.97 Å². The number of nitrogens with one attached hydrogen (secondary N) is 1. The molecule has 0 aliphatic heterocycles.